The maximum atomic E-state index is 13.0. The van der Waals surface area contributed by atoms with Crippen molar-refractivity contribution >= 4 is 17.1 Å². The highest BCUT2D eigenvalue weighted by molar-refractivity contribution is 5.74. The average molecular weight is 222 g/mol. The topological polar surface area (TPSA) is 38.5 Å². The van der Waals surface area contributed by atoms with Gasteiger partial charge in [-0.05, 0) is 25.0 Å². The minimum absolute atomic E-state index is 0.313. The van der Waals surface area contributed by atoms with Crippen LogP contribution in [0.5, 0.6) is 0 Å². The van der Waals surface area contributed by atoms with E-state index in [-0.39, 0.29) is 5.82 Å². The number of aromatic nitrogens is 1. The van der Waals surface area contributed by atoms with Crippen LogP contribution in [0.15, 0.2) is 22.6 Å². The monoisotopic (exact) mass is 222 g/mol. The first-order valence-electron chi connectivity index (χ1n) is 5.29. The summed E-state index contributed by atoms with van der Waals surface area (Å²) in [4.78, 5) is 9.60. The Morgan fingerprint density at radius 1 is 1.31 bits per heavy atom. The van der Waals surface area contributed by atoms with Crippen LogP contribution in [-0.4, -0.2) is 18.1 Å². The van der Waals surface area contributed by atoms with Crippen LogP contribution < -0.4 is 5.06 Å². The molecule has 1 aromatic heterocycles. The van der Waals surface area contributed by atoms with E-state index in [9.17, 15) is 4.39 Å². The highest BCUT2D eigenvalue weighted by atomic mass is 19.1. The minimum atomic E-state index is -0.313. The first-order valence-corrected chi connectivity index (χ1v) is 5.29. The summed E-state index contributed by atoms with van der Waals surface area (Å²) in [7, 11) is 0. The van der Waals surface area contributed by atoms with Gasteiger partial charge in [-0.2, -0.15) is 4.98 Å². The van der Waals surface area contributed by atoms with Crippen molar-refractivity contribution in [2.24, 2.45) is 0 Å². The third-order valence-corrected chi connectivity index (χ3v) is 2.55. The number of nitrogens with zero attached hydrogens (tertiary/aromatic N) is 2. The fourth-order valence-corrected chi connectivity index (χ4v) is 1.74. The Kier molecular flexibility index (Phi) is 2.25. The number of rotatable bonds is 1. The molecule has 1 aromatic carbocycles. The fraction of sp³-hybridized carbons (Fsp3) is 0.364. The SMILES string of the molecule is Fc1ccc2oc(N3CCCCO3)nc2c1. The number of anilines is 1. The Balaban J connectivity index is 1.97. The molecule has 84 valence electrons. The number of fused-ring (bicyclic) bond motifs is 1. The van der Waals surface area contributed by atoms with E-state index < -0.39 is 0 Å². The number of hydroxylamine groups is 1. The Morgan fingerprint density at radius 3 is 3.06 bits per heavy atom. The van der Waals surface area contributed by atoms with Gasteiger partial charge >= 0.3 is 6.01 Å². The molecule has 5 heteroatoms. The molecule has 16 heavy (non-hydrogen) atoms. The quantitative estimate of drug-likeness (QED) is 0.743. The zero-order valence-electron chi connectivity index (χ0n) is 8.65. The van der Waals surface area contributed by atoms with Crippen LogP contribution in [0.4, 0.5) is 10.4 Å². The summed E-state index contributed by atoms with van der Waals surface area (Å²) in [5, 5.41) is 1.63. The summed E-state index contributed by atoms with van der Waals surface area (Å²) in [5.41, 5.74) is 1.09. The number of oxazole rings is 1. The van der Waals surface area contributed by atoms with E-state index in [2.05, 4.69) is 4.98 Å². The van der Waals surface area contributed by atoms with Gasteiger partial charge < -0.3 is 4.42 Å². The maximum absolute atomic E-state index is 13.0. The molecule has 0 bridgehead atoms. The molecule has 0 N–H and O–H groups in total. The lowest BCUT2D eigenvalue weighted by Gasteiger charge is -2.23. The van der Waals surface area contributed by atoms with Gasteiger partial charge in [0, 0.05) is 6.07 Å². The Bertz CT molecular complexity index is 506. The smallest absolute Gasteiger partial charge is 0.323 e. The molecule has 2 aromatic rings. The lowest BCUT2D eigenvalue weighted by atomic mass is 10.3. The van der Waals surface area contributed by atoms with Crippen LogP contribution in [0, 0.1) is 5.82 Å². The summed E-state index contributed by atoms with van der Waals surface area (Å²) in [6, 6.07) is 4.69. The largest absolute Gasteiger partial charge is 0.422 e. The van der Waals surface area contributed by atoms with Crippen LogP contribution in [0.1, 0.15) is 12.8 Å². The Labute approximate surface area is 91.6 Å². The van der Waals surface area contributed by atoms with Gasteiger partial charge in [-0.25, -0.2) is 9.45 Å². The van der Waals surface area contributed by atoms with Gasteiger partial charge in [-0.1, -0.05) is 0 Å². The van der Waals surface area contributed by atoms with Crippen molar-refractivity contribution in [3.63, 3.8) is 0 Å². The molecule has 0 unspecified atom stereocenters. The standard InChI is InChI=1S/C11H11FN2O2/c12-8-3-4-10-9(7-8)13-11(16-10)14-5-1-2-6-15-14/h3-4,7H,1-2,5-6H2. The second-order valence-electron chi connectivity index (χ2n) is 3.75. The molecule has 1 aliphatic rings. The predicted octanol–water partition coefficient (Wildman–Crippen LogP) is 2.50. The first kappa shape index (κ1) is 9.59. The van der Waals surface area contributed by atoms with E-state index in [1.165, 1.54) is 12.1 Å². The van der Waals surface area contributed by atoms with Crippen molar-refractivity contribution in [2.75, 3.05) is 18.2 Å². The molecule has 0 amide bonds. The molecular formula is C11H11FN2O2. The molecule has 2 heterocycles. The molecule has 1 aliphatic heterocycles. The van der Waals surface area contributed by atoms with Crippen LogP contribution in [0.3, 0.4) is 0 Å². The third-order valence-electron chi connectivity index (χ3n) is 2.55. The van der Waals surface area contributed by atoms with Gasteiger partial charge in [0.2, 0.25) is 0 Å². The van der Waals surface area contributed by atoms with E-state index in [1.54, 1.807) is 11.1 Å². The fourth-order valence-electron chi connectivity index (χ4n) is 1.74. The van der Waals surface area contributed by atoms with Gasteiger partial charge in [-0.3, -0.25) is 4.84 Å². The second-order valence-corrected chi connectivity index (χ2v) is 3.75. The summed E-state index contributed by atoms with van der Waals surface area (Å²) in [5.74, 6) is -0.313. The first-order chi connectivity index (χ1) is 7.83. The van der Waals surface area contributed by atoms with Crippen molar-refractivity contribution in [3.05, 3.63) is 24.0 Å². The second kappa shape index (κ2) is 3.75. The van der Waals surface area contributed by atoms with E-state index in [1.807, 2.05) is 0 Å². The molecule has 0 atom stereocenters. The lowest BCUT2D eigenvalue weighted by Crippen LogP contribution is -2.29. The molecule has 0 saturated carbocycles. The van der Waals surface area contributed by atoms with Gasteiger partial charge in [0.05, 0.1) is 13.2 Å². The maximum Gasteiger partial charge on any atom is 0.323 e. The lowest BCUT2D eigenvalue weighted by molar-refractivity contribution is 0.0676. The molecule has 0 aliphatic carbocycles. The molecule has 4 nitrogen and oxygen atoms in total. The molecule has 1 saturated heterocycles. The number of hydrogen-bond acceptors (Lipinski definition) is 4. The highest BCUT2D eigenvalue weighted by Gasteiger charge is 2.17. The van der Waals surface area contributed by atoms with Crippen LogP contribution in [0.25, 0.3) is 11.1 Å². The van der Waals surface area contributed by atoms with Crippen LogP contribution in [0.2, 0.25) is 0 Å². The molecule has 1 fully saturated rings. The van der Waals surface area contributed by atoms with Gasteiger partial charge in [-0.15, -0.1) is 0 Å². The van der Waals surface area contributed by atoms with Crippen molar-refractivity contribution in [1.29, 1.82) is 0 Å². The zero-order valence-corrected chi connectivity index (χ0v) is 8.65. The Morgan fingerprint density at radius 2 is 2.25 bits per heavy atom. The number of benzene rings is 1. The summed E-state index contributed by atoms with van der Waals surface area (Å²) in [6.45, 7) is 1.43. The number of hydrogen-bond donors (Lipinski definition) is 0. The average Bonchev–Trinajstić information content (AvgIpc) is 2.73. The van der Waals surface area contributed by atoms with Crippen molar-refractivity contribution in [3.8, 4) is 0 Å². The van der Waals surface area contributed by atoms with E-state index in [0.717, 1.165) is 19.4 Å². The van der Waals surface area contributed by atoms with E-state index in [0.29, 0.717) is 23.7 Å². The summed E-state index contributed by atoms with van der Waals surface area (Å²) in [6.07, 6.45) is 2.10. The van der Waals surface area contributed by atoms with Crippen LogP contribution in [-0.2, 0) is 4.84 Å². The van der Waals surface area contributed by atoms with Gasteiger partial charge in [0.15, 0.2) is 5.58 Å². The van der Waals surface area contributed by atoms with E-state index in [4.69, 9.17) is 9.25 Å². The minimum Gasteiger partial charge on any atom is -0.422 e. The summed E-state index contributed by atoms with van der Waals surface area (Å²) >= 11 is 0. The normalized spacial score (nSPS) is 16.9. The van der Waals surface area contributed by atoms with Crippen molar-refractivity contribution < 1.29 is 13.6 Å². The van der Waals surface area contributed by atoms with Gasteiger partial charge in [0.25, 0.3) is 0 Å². The summed E-state index contributed by atoms with van der Waals surface area (Å²) < 4.78 is 18.4. The predicted molar refractivity (Wildman–Crippen MR) is 56.5 cm³/mol. The van der Waals surface area contributed by atoms with Crippen LogP contribution >= 0.6 is 0 Å². The third kappa shape index (κ3) is 1.63. The Hall–Kier alpha value is -1.62. The highest BCUT2D eigenvalue weighted by Crippen LogP contribution is 2.24. The molecule has 0 spiro atoms. The molecule has 0 radical (unpaired) electrons. The van der Waals surface area contributed by atoms with Gasteiger partial charge in [0.1, 0.15) is 11.3 Å². The van der Waals surface area contributed by atoms with E-state index >= 15 is 0 Å². The molecular weight excluding hydrogens is 211 g/mol. The van der Waals surface area contributed by atoms with Crippen molar-refractivity contribution in [2.45, 2.75) is 12.8 Å². The molecule has 3 rings (SSSR count). The van der Waals surface area contributed by atoms with Crippen molar-refractivity contribution in [1.82, 2.24) is 4.98 Å². The number of halogens is 1. The zero-order chi connectivity index (χ0) is 11.0.